The number of amides is 1. The first kappa shape index (κ1) is 18.3. The summed E-state index contributed by atoms with van der Waals surface area (Å²) < 4.78 is 1.17. The second kappa shape index (κ2) is 8.76. The van der Waals surface area contributed by atoms with Gasteiger partial charge in [0.15, 0.2) is 11.8 Å². The van der Waals surface area contributed by atoms with Gasteiger partial charge < -0.3 is 5.32 Å². The van der Waals surface area contributed by atoms with E-state index < -0.39 is 23.3 Å². The minimum absolute atomic E-state index is 0.378. The molecule has 27 heavy (non-hydrogen) atoms. The molecule has 0 bridgehead atoms. The normalized spacial score (nSPS) is 11.6. The van der Waals surface area contributed by atoms with Gasteiger partial charge in [0.25, 0.3) is 11.5 Å². The highest BCUT2D eigenvalue weighted by Crippen LogP contribution is 2.14. The van der Waals surface area contributed by atoms with Crippen molar-refractivity contribution in [1.29, 1.82) is 0 Å². The molecule has 1 heterocycles. The van der Waals surface area contributed by atoms with Gasteiger partial charge in [-0.2, -0.15) is 0 Å². The Kier molecular flexibility index (Phi) is 5.94. The molecule has 0 saturated heterocycles. The van der Waals surface area contributed by atoms with Crippen LogP contribution in [0.3, 0.4) is 0 Å². The lowest BCUT2D eigenvalue weighted by Crippen LogP contribution is -2.41. The Bertz CT molecular complexity index is 965. The maximum Gasteiger partial charge on any atom is 0.251 e. The van der Waals surface area contributed by atoms with Crippen LogP contribution in [0.25, 0.3) is 0 Å². The maximum absolute atomic E-state index is 13.0. The highest BCUT2D eigenvalue weighted by Gasteiger charge is 2.29. The van der Waals surface area contributed by atoms with Crippen LogP contribution in [0.4, 0.5) is 0 Å². The van der Waals surface area contributed by atoms with E-state index in [0.29, 0.717) is 18.5 Å². The van der Waals surface area contributed by atoms with Gasteiger partial charge in [-0.05, 0) is 18.1 Å². The van der Waals surface area contributed by atoms with E-state index in [4.69, 9.17) is 0 Å². The number of hydrogen-bond donors (Lipinski definition) is 1. The summed E-state index contributed by atoms with van der Waals surface area (Å²) in [6, 6.07) is 21.6. The zero-order chi connectivity index (χ0) is 19.1. The number of nitrogens with zero attached hydrogens (tertiary/aromatic N) is 1. The molecule has 0 aliphatic carbocycles. The third kappa shape index (κ3) is 4.58. The lowest BCUT2D eigenvalue weighted by Gasteiger charge is -2.18. The molecule has 1 aromatic heterocycles. The third-order valence-electron chi connectivity index (χ3n) is 4.24. The lowest BCUT2D eigenvalue weighted by atomic mass is 10.0. The highest BCUT2D eigenvalue weighted by atomic mass is 16.2. The fourth-order valence-electron chi connectivity index (χ4n) is 2.86. The zero-order valence-corrected chi connectivity index (χ0v) is 14.7. The quantitative estimate of drug-likeness (QED) is 0.520. The molecular weight excluding hydrogens is 340 g/mol. The number of rotatable bonds is 7. The molecule has 0 saturated carbocycles. The first-order chi connectivity index (χ1) is 13.2. The van der Waals surface area contributed by atoms with Crippen LogP contribution in [0.5, 0.6) is 0 Å². The van der Waals surface area contributed by atoms with Crippen molar-refractivity contribution in [3.63, 3.8) is 0 Å². The molecule has 0 unspecified atom stereocenters. The average Bonchev–Trinajstić information content (AvgIpc) is 2.71. The third-order valence-corrected chi connectivity index (χ3v) is 4.24. The van der Waals surface area contributed by atoms with Crippen molar-refractivity contribution >= 4 is 11.7 Å². The summed E-state index contributed by atoms with van der Waals surface area (Å²) in [4.78, 5) is 38.0. The first-order valence-electron chi connectivity index (χ1n) is 8.75. The van der Waals surface area contributed by atoms with E-state index in [0.717, 1.165) is 5.56 Å². The number of nitrogens with one attached hydrogen (secondary N) is 1. The molecule has 0 aliphatic rings. The van der Waals surface area contributed by atoms with E-state index in [1.54, 1.807) is 42.5 Å². The van der Waals surface area contributed by atoms with Gasteiger partial charge in [-0.3, -0.25) is 19.0 Å². The SMILES string of the molecule is O=C(NCCc1ccccc1)[C@H](C(=O)c1ccccc1)n1ccccc1=O. The fraction of sp³-hybridized carbons (Fsp3) is 0.136. The molecule has 136 valence electrons. The molecule has 0 aliphatic heterocycles. The standard InChI is InChI=1S/C22H20N2O3/c25-19-13-7-8-16-24(19)20(21(26)18-11-5-2-6-12-18)22(27)23-15-14-17-9-3-1-4-10-17/h1-13,16,20H,14-15H2,(H,23,27)/t20-/m0/s1. The molecular formula is C22H20N2O3. The summed E-state index contributed by atoms with van der Waals surface area (Å²) >= 11 is 0. The van der Waals surface area contributed by atoms with Crippen molar-refractivity contribution in [3.05, 3.63) is 107 Å². The minimum Gasteiger partial charge on any atom is -0.354 e. The van der Waals surface area contributed by atoms with Crippen molar-refractivity contribution in [2.45, 2.75) is 12.5 Å². The summed E-state index contributed by atoms with van der Waals surface area (Å²) in [5.41, 5.74) is 1.07. The van der Waals surface area contributed by atoms with Crippen LogP contribution in [-0.4, -0.2) is 22.8 Å². The van der Waals surface area contributed by atoms with Crippen molar-refractivity contribution in [1.82, 2.24) is 9.88 Å². The summed E-state index contributed by atoms with van der Waals surface area (Å²) in [5.74, 6) is -0.908. The Labute approximate surface area is 157 Å². The summed E-state index contributed by atoms with van der Waals surface area (Å²) in [6.07, 6.45) is 2.10. The van der Waals surface area contributed by atoms with Gasteiger partial charge in [-0.15, -0.1) is 0 Å². The van der Waals surface area contributed by atoms with Crippen LogP contribution in [0.1, 0.15) is 22.0 Å². The smallest absolute Gasteiger partial charge is 0.251 e. The van der Waals surface area contributed by atoms with Gasteiger partial charge in [0, 0.05) is 24.4 Å². The van der Waals surface area contributed by atoms with Crippen LogP contribution < -0.4 is 10.9 Å². The molecule has 5 heteroatoms. The number of carbonyl (C=O) groups excluding carboxylic acids is 2. The van der Waals surface area contributed by atoms with E-state index in [2.05, 4.69) is 5.32 Å². The number of hydrogen-bond acceptors (Lipinski definition) is 3. The van der Waals surface area contributed by atoms with Crippen molar-refractivity contribution in [3.8, 4) is 0 Å². The summed E-state index contributed by atoms with van der Waals surface area (Å²) in [5, 5.41) is 2.79. The second-order valence-corrected chi connectivity index (χ2v) is 6.11. The van der Waals surface area contributed by atoms with Gasteiger partial charge in [0.2, 0.25) is 0 Å². The summed E-state index contributed by atoms with van der Waals surface area (Å²) in [7, 11) is 0. The first-order valence-corrected chi connectivity index (χ1v) is 8.75. The predicted octanol–water partition coefficient (Wildman–Crippen LogP) is 2.63. The van der Waals surface area contributed by atoms with E-state index in [1.165, 1.54) is 16.8 Å². The number of ketones is 1. The molecule has 0 fully saturated rings. The lowest BCUT2D eigenvalue weighted by molar-refractivity contribution is -0.123. The fourth-order valence-corrected chi connectivity index (χ4v) is 2.86. The van der Waals surface area contributed by atoms with Gasteiger partial charge in [0.1, 0.15) is 0 Å². The van der Waals surface area contributed by atoms with Crippen LogP contribution in [0, 0.1) is 0 Å². The zero-order valence-electron chi connectivity index (χ0n) is 14.7. The maximum atomic E-state index is 13.0. The monoisotopic (exact) mass is 360 g/mol. The molecule has 1 atom stereocenters. The highest BCUT2D eigenvalue weighted by molar-refractivity contribution is 6.11. The minimum atomic E-state index is -1.24. The van der Waals surface area contributed by atoms with Crippen LogP contribution >= 0.6 is 0 Å². The molecule has 1 amide bonds. The van der Waals surface area contributed by atoms with Crippen LogP contribution in [0.2, 0.25) is 0 Å². The van der Waals surface area contributed by atoms with Crippen LogP contribution in [0.15, 0.2) is 89.9 Å². The molecule has 0 radical (unpaired) electrons. The Morgan fingerprint density at radius 3 is 2.15 bits per heavy atom. The van der Waals surface area contributed by atoms with Crippen molar-refractivity contribution < 1.29 is 9.59 Å². The molecule has 5 nitrogen and oxygen atoms in total. The predicted molar refractivity (Wildman–Crippen MR) is 104 cm³/mol. The number of Topliss-reactive ketones (excluding diaryl/α,β-unsaturated/α-hetero) is 1. The van der Waals surface area contributed by atoms with E-state index in [9.17, 15) is 14.4 Å². The van der Waals surface area contributed by atoms with E-state index in [-0.39, 0.29) is 0 Å². The molecule has 0 spiro atoms. The molecule has 3 aromatic rings. The Balaban J connectivity index is 1.81. The van der Waals surface area contributed by atoms with Crippen LogP contribution in [-0.2, 0) is 11.2 Å². The molecule has 1 N–H and O–H groups in total. The van der Waals surface area contributed by atoms with Crippen molar-refractivity contribution in [2.75, 3.05) is 6.54 Å². The largest absolute Gasteiger partial charge is 0.354 e. The van der Waals surface area contributed by atoms with Gasteiger partial charge in [0.05, 0.1) is 0 Å². The molecule has 3 rings (SSSR count). The van der Waals surface area contributed by atoms with Gasteiger partial charge >= 0.3 is 0 Å². The number of benzene rings is 2. The van der Waals surface area contributed by atoms with Crippen molar-refractivity contribution in [2.24, 2.45) is 0 Å². The number of aromatic nitrogens is 1. The Morgan fingerprint density at radius 1 is 0.852 bits per heavy atom. The van der Waals surface area contributed by atoms with Gasteiger partial charge in [-0.1, -0.05) is 66.7 Å². The van der Waals surface area contributed by atoms with E-state index in [1.807, 2.05) is 30.3 Å². The average molecular weight is 360 g/mol. The molecule has 2 aromatic carbocycles. The Morgan fingerprint density at radius 2 is 1.48 bits per heavy atom. The second-order valence-electron chi connectivity index (χ2n) is 6.11. The number of carbonyl (C=O) groups is 2. The number of pyridine rings is 1. The Hall–Kier alpha value is -3.47. The summed E-state index contributed by atoms with van der Waals surface area (Å²) in [6.45, 7) is 0.378. The van der Waals surface area contributed by atoms with Gasteiger partial charge in [-0.25, -0.2) is 0 Å². The van der Waals surface area contributed by atoms with E-state index >= 15 is 0 Å². The topological polar surface area (TPSA) is 68.2 Å².